The first-order valence-electron chi connectivity index (χ1n) is 7.60. The maximum absolute atomic E-state index is 12.0. The summed E-state index contributed by atoms with van der Waals surface area (Å²) in [6.07, 6.45) is 3.60. The molecule has 5 heteroatoms. The molecule has 0 radical (unpaired) electrons. The summed E-state index contributed by atoms with van der Waals surface area (Å²) in [5, 5.41) is 0.824. The molecule has 3 rings (SSSR count). The van der Waals surface area contributed by atoms with Gasteiger partial charge in [0.15, 0.2) is 0 Å². The van der Waals surface area contributed by atoms with Gasteiger partial charge in [-0.25, -0.2) is 9.78 Å². The van der Waals surface area contributed by atoms with E-state index in [1.54, 1.807) is 13.0 Å². The third-order valence-electron chi connectivity index (χ3n) is 4.26. The Morgan fingerprint density at radius 1 is 1.41 bits per heavy atom. The number of pyridine rings is 1. The van der Waals surface area contributed by atoms with E-state index in [2.05, 4.69) is 4.98 Å². The molecule has 2 N–H and O–H groups in total. The second-order valence-corrected chi connectivity index (χ2v) is 5.53. The normalized spacial score (nSPS) is 14.6. The Bertz CT molecular complexity index is 723. The SMILES string of the molecule is CCOC(=O)c1cc2ccc(C3CCC3)c(N)c2nc1OC. The van der Waals surface area contributed by atoms with Gasteiger partial charge in [0.25, 0.3) is 0 Å². The monoisotopic (exact) mass is 300 g/mol. The molecule has 1 aliphatic rings. The number of carbonyl (C=O) groups excluding carboxylic acids is 1. The maximum atomic E-state index is 12.0. The molecular formula is C17H20N2O3. The smallest absolute Gasteiger partial charge is 0.343 e. The van der Waals surface area contributed by atoms with E-state index in [-0.39, 0.29) is 5.88 Å². The van der Waals surface area contributed by atoms with Crippen LogP contribution in [0.15, 0.2) is 18.2 Å². The van der Waals surface area contributed by atoms with E-state index in [1.165, 1.54) is 26.4 Å². The summed E-state index contributed by atoms with van der Waals surface area (Å²) >= 11 is 0. The number of hydrogen-bond donors (Lipinski definition) is 1. The van der Waals surface area contributed by atoms with E-state index in [0.717, 1.165) is 10.9 Å². The first kappa shape index (κ1) is 14.6. The van der Waals surface area contributed by atoms with Crippen molar-refractivity contribution in [2.45, 2.75) is 32.1 Å². The van der Waals surface area contributed by atoms with Crippen LogP contribution in [0.5, 0.6) is 5.88 Å². The second-order valence-electron chi connectivity index (χ2n) is 5.53. The molecule has 1 heterocycles. The average Bonchev–Trinajstić information content (AvgIpc) is 2.47. The number of nitrogens with zero attached hydrogens (tertiary/aromatic N) is 1. The van der Waals surface area contributed by atoms with Crippen molar-refractivity contribution in [2.75, 3.05) is 19.5 Å². The lowest BCUT2D eigenvalue weighted by atomic mass is 9.79. The number of carbonyl (C=O) groups is 1. The highest BCUT2D eigenvalue weighted by Gasteiger charge is 2.24. The number of ether oxygens (including phenoxy) is 2. The van der Waals surface area contributed by atoms with Gasteiger partial charge in [-0.15, -0.1) is 0 Å². The minimum absolute atomic E-state index is 0.253. The first-order chi connectivity index (χ1) is 10.7. The number of nitrogens with two attached hydrogens (primary N) is 1. The van der Waals surface area contributed by atoms with Crippen molar-refractivity contribution < 1.29 is 14.3 Å². The Kier molecular flexibility index (Phi) is 3.88. The van der Waals surface area contributed by atoms with Crippen LogP contribution in [0, 0.1) is 0 Å². The molecule has 0 bridgehead atoms. The number of esters is 1. The Hall–Kier alpha value is -2.30. The fourth-order valence-electron chi connectivity index (χ4n) is 2.85. The van der Waals surface area contributed by atoms with Gasteiger partial charge in [0, 0.05) is 5.39 Å². The molecule has 116 valence electrons. The zero-order valence-corrected chi connectivity index (χ0v) is 12.9. The number of anilines is 1. The Balaban J connectivity index is 2.12. The summed E-state index contributed by atoms with van der Waals surface area (Å²) in [5.41, 5.74) is 9.16. The molecule has 0 aliphatic heterocycles. The molecule has 1 aromatic carbocycles. The molecular weight excluding hydrogens is 280 g/mol. The third kappa shape index (κ3) is 2.36. The Labute approximate surface area is 129 Å². The summed E-state index contributed by atoms with van der Waals surface area (Å²) in [6.45, 7) is 2.07. The van der Waals surface area contributed by atoms with Crippen LogP contribution in [0.2, 0.25) is 0 Å². The zero-order valence-electron chi connectivity index (χ0n) is 12.9. The van der Waals surface area contributed by atoms with Crippen LogP contribution in [-0.4, -0.2) is 24.7 Å². The summed E-state index contributed by atoms with van der Waals surface area (Å²) in [4.78, 5) is 16.5. The highest BCUT2D eigenvalue weighted by atomic mass is 16.5. The molecule has 0 atom stereocenters. The fourth-order valence-corrected chi connectivity index (χ4v) is 2.85. The first-order valence-corrected chi connectivity index (χ1v) is 7.60. The van der Waals surface area contributed by atoms with Gasteiger partial charge >= 0.3 is 5.97 Å². The summed E-state index contributed by atoms with van der Waals surface area (Å²) in [5.74, 6) is 0.348. The van der Waals surface area contributed by atoms with E-state index in [0.29, 0.717) is 29.3 Å². The fraction of sp³-hybridized carbons (Fsp3) is 0.412. The van der Waals surface area contributed by atoms with Gasteiger partial charge in [-0.1, -0.05) is 18.6 Å². The number of fused-ring (bicyclic) bond motifs is 1. The summed E-state index contributed by atoms with van der Waals surface area (Å²) < 4.78 is 10.3. The number of benzene rings is 1. The quantitative estimate of drug-likeness (QED) is 0.693. The van der Waals surface area contributed by atoms with Crippen molar-refractivity contribution in [1.82, 2.24) is 4.98 Å². The van der Waals surface area contributed by atoms with Crippen molar-refractivity contribution in [3.8, 4) is 5.88 Å². The van der Waals surface area contributed by atoms with Crippen molar-refractivity contribution >= 4 is 22.6 Å². The molecule has 1 saturated carbocycles. The molecule has 1 aromatic heterocycles. The van der Waals surface area contributed by atoms with E-state index < -0.39 is 5.97 Å². The van der Waals surface area contributed by atoms with Crippen molar-refractivity contribution in [2.24, 2.45) is 0 Å². The predicted octanol–water partition coefficient (Wildman–Crippen LogP) is 3.27. The molecule has 1 fully saturated rings. The van der Waals surface area contributed by atoms with E-state index in [4.69, 9.17) is 15.2 Å². The highest BCUT2D eigenvalue weighted by Crippen LogP contribution is 2.41. The maximum Gasteiger partial charge on any atom is 0.343 e. The largest absolute Gasteiger partial charge is 0.480 e. The molecule has 0 spiro atoms. The average molecular weight is 300 g/mol. The highest BCUT2D eigenvalue weighted by molar-refractivity contribution is 5.99. The number of aromatic nitrogens is 1. The number of methoxy groups -OCH3 is 1. The number of hydrogen-bond acceptors (Lipinski definition) is 5. The zero-order chi connectivity index (χ0) is 15.7. The lowest BCUT2D eigenvalue weighted by Crippen LogP contribution is -2.12. The number of rotatable bonds is 4. The van der Waals surface area contributed by atoms with Crippen molar-refractivity contribution in [1.29, 1.82) is 0 Å². The van der Waals surface area contributed by atoms with Gasteiger partial charge in [-0.3, -0.25) is 0 Å². The van der Waals surface area contributed by atoms with Gasteiger partial charge in [0.1, 0.15) is 5.56 Å². The van der Waals surface area contributed by atoms with Gasteiger partial charge in [0.2, 0.25) is 5.88 Å². The van der Waals surface area contributed by atoms with E-state index in [1.807, 2.05) is 12.1 Å². The van der Waals surface area contributed by atoms with Crippen LogP contribution < -0.4 is 10.5 Å². The summed E-state index contributed by atoms with van der Waals surface area (Å²) in [6, 6.07) is 5.75. The van der Waals surface area contributed by atoms with Gasteiger partial charge < -0.3 is 15.2 Å². The van der Waals surface area contributed by atoms with Crippen LogP contribution in [0.1, 0.15) is 48.0 Å². The minimum Gasteiger partial charge on any atom is -0.480 e. The number of nitrogen functional groups attached to an aromatic ring is 1. The molecule has 1 aliphatic carbocycles. The summed E-state index contributed by atoms with van der Waals surface area (Å²) in [7, 11) is 1.49. The van der Waals surface area contributed by atoms with Crippen LogP contribution in [-0.2, 0) is 4.74 Å². The van der Waals surface area contributed by atoms with Crippen molar-refractivity contribution in [3.63, 3.8) is 0 Å². The molecule has 2 aromatic rings. The third-order valence-corrected chi connectivity index (χ3v) is 4.26. The standard InChI is InChI=1S/C17H20N2O3/c1-3-22-17(20)13-9-11-7-8-12(10-5-4-6-10)14(18)15(11)19-16(13)21-2/h7-10H,3-6,18H2,1-2H3. The predicted molar refractivity (Wildman–Crippen MR) is 85.3 cm³/mol. The Morgan fingerprint density at radius 3 is 2.77 bits per heavy atom. The molecule has 0 saturated heterocycles. The molecule has 5 nitrogen and oxygen atoms in total. The van der Waals surface area contributed by atoms with Crippen LogP contribution >= 0.6 is 0 Å². The van der Waals surface area contributed by atoms with Gasteiger partial charge in [0.05, 0.1) is 24.9 Å². The van der Waals surface area contributed by atoms with E-state index >= 15 is 0 Å². The van der Waals surface area contributed by atoms with Gasteiger partial charge in [-0.2, -0.15) is 0 Å². The van der Waals surface area contributed by atoms with Crippen LogP contribution in [0.3, 0.4) is 0 Å². The van der Waals surface area contributed by atoms with Crippen LogP contribution in [0.25, 0.3) is 10.9 Å². The van der Waals surface area contributed by atoms with Crippen LogP contribution in [0.4, 0.5) is 5.69 Å². The topological polar surface area (TPSA) is 74.4 Å². The van der Waals surface area contributed by atoms with Gasteiger partial charge in [-0.05, 0) is 37.3 Å². The minimum atomic E-state index is -0.435. The lowest BCUT2D eigenvalue weighted by molar-refractivity contribution is 0.0522. The molecule has 22 heavy (non-hydrogen) atoms. The van der Waals surface area contributed by atoms with E-state index in [9.17, 15) is 4.79 Å². The second kappa shape index (κ2) is 5.83. The Morgan fingerprint density at radius 2 is 2.18 bits per heavy atom. The van der Waals surface area contributed by atoms with Crippen molar-refractivity contribution in [3.05, 3.63) is 29.3 Å². The molecule has 0 unspecified atom stereocenters. The lowest BCUT2D eigenvalue weighted by Gasteiger charge is -2.27. The molecule has 0 amide bonds.